The molecular weight excluding hydrogens is 304 g/mol. The SMILES string of the molecule is CC#CC(=O)N1CCN(C(=O)c2ccc(Cl)cc2OC)CC1. The molecule has 0 bridgehead atoms. The molecule has 1 aliphatic heterocycles. The Labute approximate surface area is 134 Å². The fourth-order valence-corrected chi connectivity index (χ4v) is 2.47. The van der Waals surface area contributed by atoms with Crippen molar-refractivity contribution in [1.29, 1.82) is 0 Å². The van der Waals surface area contributed by atoms with Crippen molar-refractivity contribution in [3.63, 3.8) is 0 Å². The molecule has 0 atom stereocenters. The van der Waals surface area contributed by atoms with Gasteiger partial charge in [-0.15, -0.1) is 0 Å². The molecule has 1 saturated heterocycles. The second kappa shape index (κ2) is 7.19. The summed E-state index contributed by atoms with van der Waals surface area (Å²) in [6, 6.07) is 4.93. The largest absolute Gasteiger partial charge is 0.496 e. The summed E-state index contributed by atoms with van der Waals surface area (Å²) in [7, 11) is 1.50. The maximum atomic E-state index is 12.6. The number of benzene rings is 1. The molecule has 0 radical (unpaired) electrons. The molecule has 0 saturated carbocycles. The van der Waals surface area contributed by atoms with Gasteiger partial charge in [-0.2, -0.15) is 0 Å². The van der Waals surface area contributed by atoms with Gasteiger partial charge in [0.25, 0.3) is 11.8 Å². The molecule has 6 heteroatoms. The minimum atomic E-state index is -0.196. The van der Waals surface area contributed by atoms with Crippen LogP contribution in [-0.4, -0.2) is 54.9 Å². The third-order valence-electron chi connectivity index (χ3n) is 3.48. The lowest BCUT2D eigenvalue weighted by atomic mass is 10.1. The molecule has 2 amide bonds. The Hall–Kier alpha value is -2.19. The minimum absolute atomic E-state index is 0.123. The number of nitrogens with zero attached hydrogens (tertiary/aromatic N) is 2. The highest BCUT2D eigenvalue weighted by molar-refractivity contribution is 6.30. The molecule has 0 aliphatic carbocycles. The summed E-state index contributed by atoms with van der Waals surface area (Å²) in [5, 5.41) is 0.516. The number of carbonyl (C=O) groups is 2. The number of rotatable bonds is 2. The summed E-state index contributed by atoms with van der Waals surface area (Å²) in [6.07, 6.45) is 0. The number of halogens is 1. The number of carbonyl (C=O) groups excluding carboxylic acids is 2. The number of piperazine rings is 1. The van der Waals surface area contributed by atoms with Crippen LogP contribution < -0.4 is 4.74 Å². The van der Waals surface area contributed by atoms with Gasteiger partial charge in [0.05, 0.1) is 12.7 Å². The number of methoxy groups -OCH3 is 1. The lowest BCUT2D eigenvalue weighted by Gasteiger charge is -2.34. The van der Waals surface area contributed by atoms with E-state index in [0.29, 0.717) is 42.5 Å². The molecule has 1 aliphatic rings. The Morgan fingerprint density at radius 2 is 1.82 bits per heavy atom. The maximum Gasteiger partial charge on any atom is 0.298 e. The lowest BCUT2D eigenvalue weighted by Crippen LogP contribution is -2.50. The summed E-state index contributed by atoms with van der Waals surface area (Å²) in [5.74, 6) is 5.24. The van der Waals surface area contributed by atoms with E-state index in [4.69, 9.17) is 16.3 Å². The van der Waals surface area contributed by atoms with E-state index >= 15 is 0 Å². The van der Waals surface area contributed by atoms with Crippen LogP contribution in [0.1, 0.15) is 17.3 Å². The van der Waals surface area contributed by atoms with Crippen LogP contribution in [0.15, 0.2) is 18.2 Å². The quantitative estimate of drug-likeness (QED) is 0.779. The van der Waals surface area contributed by atoms with Gasteiger partial charge < -0.3 is 14.5 Å². The molecule has 0 unspecified atom stereocenters. The van der Waals surface area contributed by atoms with E-state index in [-0.39, 0.29) is 11.8 Å². The Morgan fingerprint density at radius 3 is 2.41 bits per heavy atom. The highest BCUT2D eigenvalue weighted by atomic mass is 35.5. The van der Waals surface area contributed by atoms with Gasteiger partial charge in [0.15, 0.2) is 0 Å². The smallest absolute Gasteiger partial charge is 0.298 e. The second-order valence-electron chi connectivity index (χ2n) is 4.80. The van der Waals surface area contributed by atoms with E-state index in [1.807, 2.05) is 0 Å². The molecule has 1 aromatic rings. The summed E-state index contributed by atoms with van der Waals surface area (Å²) < 4.78 is 5.21. The number of ether oxygens (including phenoxy) is 1. The molecule has 1 heterocycles. The molecule has 0 N–H and O–H groups in total. The first-order chi connectivity index (χ1) is 10.6. The van der Waals surface area contributed by atoms with Crippen molar-refractivity contribution < 1.29 is 14.3 Å². The van der Waals surface area contributed by atoms with Gasteiger partial charge in [0.2, 0.25) is 0 Å². The van der Waals surface area contributed by atoms with Gasteiger partial charge in [0, 0.05) is 31.2 Å². The van der Waals surface area contributed by atoms with E-state index in [1.165, 1.54) is 7.11 Å². The molecule has 0 spiro atoms. The average Bonchev–Trinajstić information content (AvgIpc) is 2.54. The number of amides is 2. The fraction of sp³-hybridized carbons (Fsp3) is 0.375. The van der Waals surface area contributed by atoms with Crippen LogP contribution in [0.5, 0.6) is 5.75 Å². The Balaban J connectivity index is 2.06. The predicted molar refractivity (Wildman–Crippen MR) is 83.9 cm³/mol. The van der Waals surface area contributed by atoms with E-state index in [9.17, 15) is 9.59 Å². The standard InChI is InChI=1S/C16H17ClN2O3/c1-3-4-15(20)18-7-9-19(10-8-18)16(21)13-6-5-12(17)11-14(13)22-2/h5-6,11H,7-10H2,1-2H3. The molecular formula is C16H17ClN2O3. The van der Waals surface area contributed by atoms with Gasteiger partial charge in [-0.1, -0.05) is 17.5 Å². The van der Waals surface area contributed by atoms with Gasteiger partial charge >= 0.3 is 0 Å². The van der Waals surface area contributed by atoms with Crippen LogP contribution >= 0.6 is 11.6 Å². The van der Waals surface area contributed by atoms with Crippen molar-refractivity contribution in [2.45, 2.75) is 6.92 Å². The molecule has 1 aromatic carbocycles. The summed E-state index contributed by atoms with van der Waals surface area (Å²) in [5.41, 5.74) is 0.472. The Bertz CT molecular complexity index is 641. The lowest BCUT2D eigenvalue weighted by molar-refractivity contribution is -0.126. The average molecular weight is 321 g/mol. The normalized spacial score (nSPS) is 14.1. The molecule has 5 nitrogen and oxygen atoms in total. The molecule has 2 rings (SSSR count). The zero-order valence-corrected chi connectivity index (χ0v) is 13.3. The van der Waals surface area contributed by atoms with E-state index in [0.717, 1.165) is 0 Å². The van der Waals surface area contributed by atoms with Gasteiger partial charge in [-0.25, -0.2) is 0 Å². The molecule has 22 heavy (non-hydrogen) atoms. The Kier molecular flexibility index (Phi) is 5.29. The van der Waals surface area contributed by atoms with Crippen LogP contribution in [0.3, 0.4) is 0 Å². The monoisotopic (exact) mass is 320 g/mol. The molecule has 116 valence electrons. The number of hydrogen-bond donors (Lipinski definition) is 0. The highest BCUT2D eigenvalue weighted by Gasteiger charge is 2.25. The third kappa shape index (κ3) is 3.52. The maximum absolute atomic E-state index is 12.6. The van der Waals surface area contributed by atoms with E-state index < -0.39 is 0 Å². The predicted octanol–water partition coefficient (Wildman–Crippen LogP) is 1.66. The Morgan fingerprint density at radius 1 is 1.18 bits per heavy atom. The second-order valence-corrected chi connectivity index (χ2v) is 5.24. The first-order valence-electron chi connectivity index (χ1n) is 6.91. The zero-order valence-electron chi connectivity index (χ0n) is 12.6. The van der Waals surface area contributed by atoms with Crippen molar-refractivity contribution in [1.82, 2.24) is 9.80 Å². The van der Waals surface area contributed by atoms with E-state index in [2.05, 4.69) is 11.8 Å². The minimum Gasteiger partial charge on any atom is -0.496 e. The van der Waals surface area contributed by atoms with Crippen molar-refractivity contribution in [2.24, 2.45) is 0 Å². The van der Waals surface area contributed by atoms with E-state index in [1.54, 1.807) is 34.9 Å². The molecule has 0 aromatic heterocycles. The van der Waals surface area contributed by atoms with Crippen molar-refractivity contribution >= 4 is 23.4 Å². The molecule has 1 fully saturated rings. The summed E-state index contributed by atoms with van der Waals surface area (Å²) in [4.78, 5) is 27.6. The zero-order chi connectivity index (χ0) is 16.1. The first-order valence-corrected chi connectivity index (χ1v) is 7.29. The van der Waals surface area contributed by atoms with Crippen LogP contribution in [0.4, 0.5) is 0 Å². The summed E-state index contributed by atoms with van der Waals surface area (Å²) in [6.45, 7) is 3.54. The van der Waals surface area contributed by atoms with Crippen LogP contribution in [0, 0.1) is 11.8 Å². The van der Waals surface area contributed by atoms with Crippen LogP contribution in [0.2, 0.25) is 5.02 Å². The topological polar surface area (TPSA) is 49.9 Å². The van der Waals surface area contributed by atoms with Gasteiger partial charge in [0.1, 0.15) is 5.75 Å². The first kappa shape index (κ1) is 16.2. The van der Waals surface area contributed by atoms with Gasteiger partial charge in [-0.3, -0.25) is 9.59 Å². The van der Waals surface area contributed by atoms with Crippen LogP contribution in [-0.2, 0) is 4.79 Å². The highest BCUT2D eigenvalue weighted by Crippen LogP contribution is 2.24. The van der Waals surface area contributed by atoms with Gasteiger partial charge in [-0.05, 0) is 31.0 Å². The third-order valence-corrected chi connectivity index (χ3v) is 3.72. The van der Waals surface area contributed by atoms with Crippen molar-refractivity contribution in [3.05, 3.63) is 28.8 Å². The fourth-order valence-electron chi connectivity index (χ4n) is 2.31. The van der Waals surface area contributed by atoms with Crippen molar-refractivity contribution in [3.8, 4) is 17.6 Å². The number of hydrogen-bond acceptors (Lipinski definition) is 3. The summed E-state index contributed by atoms with van der Waals surface area (Å²) >= 11 is 5.91. The van der Waals surface area contributed by atoms with Crippen LogP contribution in [0.25, 0.3) is 0 Å². The van der Waals surface area contributed by atoms with Crippen molar-refractivity contribution in [2.75, 3.05) is 33.3 Å².